The Hall–Kier alpha value is -1.64. The van der Waals surface area contributed by atoms with E-state index in [1.165, 1.54) is 0 Å². The van der Waals surface area contributed by atoms with E-state index in [9.17, 15) is 4.79 Å². The second-order valence-electron chi connectivity index (χ2n) is 3.21. The fourth-order valence-corrected chi connectivity index (χ4v) is 1.21. The fourth-order valence-electron chi connectivity index (χ4n) is 1.21. The lowest BCUT2D eigenvalue weighted by Crippen LogP contribution is -2.06. The van der Waals surface area contributed by atoms with Crippen molar-refractivity contribution in [1.82, 2.24) is 4.98 Å². The van der Waals surface area contributed by atoms with E-state index in [0.29, 0.717) is 12.2 Å². The van der Waals surface area contributed by atoms with Crippen molar-refractivity contribution in [3.8, 4) is 0 Å². The molecule has 15 heavy (non-hydrogen) atoms. The van der Waals surface area contributed by atoms with Gasteiger partial charge < -0.3 is 4.74 Å². The lowest BCUT2D eigenvalue weighted by Gasteiger charge is -2.06. The van der Waals surface area contributed by atoms with Crippen molar-refractivity contribution in [2.24, 2.45) is 0 Å². The van der Waals surface area contributed by atoms with Gasteiger partial charge in [-0.25, -0.2) is 4.79 Å². The number of hydrogen-bond donors (Lipinski definition) is 0. The summed E-state index contributed by atoms with van der Waals surface area (Å²) in [4.78, 5) is 15.4. The topological polar surface area (TPSA) is 39.2 Å². The van der Waals surface area contributed by atoms with Crippen molar-refractivity contribution in [2.45, 2.75) is 20.8 Å². The van der Waals surface area contributed by atoms with Crippen LogP contribution in [0.2, 0.25) is 0 Å². The molecular formula is C12H15NO2. The highest BCUT2D eigenvalue weighted by molar-refractivity contribution is 5.96. The first-order valence-electron chi connectivity index (χ1n) is 4.91. The largest absolute Gasteiger partial charge is 0.463 e. The van der Waals surface area contributed by atoms with Crippen LogP contribution >= 0.6 is 0 Å². The Balaban J connectivity index is 2.95. The van der Waals surface area contributed by atoms with Gasteiger partial charge in [-0.2, -0.15) is 0 Å². The van der Waals surface area contributed by atoms with Crippen molar-refractivity contribution in [2.75, 3.05) is 6.61 Å². The van der Waals surface area contributed by atoms with Crippen molar-refractivity contribution in [3.05, 3.63) is 35.7 Å². The third-order valence-corrected chi connectivity index (χ3v) is 2.26. The molecule has 1 aromatic heterocycles. The van der Waals surface area contributed by atoms with Gasteiger partial charge in [0.25, 0.3) is 0 Å². The van der Waals surface area contributed by atoms with Crippen molar-refractivity contribution in [1.29, 1.82) is 0 Å². The molecule has 0 atom stereocenters. The summed E-state index contributed by atoms with van der Waals surface area (Å²) in [5.74, 6) is -0.258. The van der Waals surface area contributed by atoms with Gasteiger partial charge in [-0.05, 0) is 44.0 Å². The van der Waals surface area contributed by atoms with E-state index < -0.39 is 0 Å². The molecule has 0 aliphatic heterocycles. The number of rotatable bonds is 3. The molecule has 0 saturated heterocycles. The highest BCUT2D eigenvalue weighted by Crippen LogP contribution is 2.17. The Kier molecular flexibility index (Phi) is 4.03. The fraction of sp³-hybridized carbons (Fsp3) is 0.333. The van der Waals surface area contributed by atoms with Crippen molar-refractivity contribution in [3.63, 3.8) is 0 Å². The number of esters is 1. The Morgan fingerprint density at radius 2 is 1.93 bits per heavy atom. The molecular weight excluding hydrogens is 190 g/mol. The average Bonchev–Trinajstić information content (AvgIpc) is 2.28. The van der Waals surface area contributed by atoms with Gasteiger partial charge in [-0.15, -0.1) is 0 Å². The summed E-state index contributed by atoms with van der Waals surface area (Å²) >= 11 is 0. The van der Waals surface area contributed by atoms with Crippen LogP contribution in [0.5, 0.6) is 0 Å². The van der Waals surface area contributed by atoms with E-state index in [4.69, 9.17) is 4.74 Å². The highest BCUT2D eigenvalue weighted by atomic mass is 16.5. The minimum absolute atomic E-state index is 0.258. The van der Waals surface area contributed by atoms with Gasteiger partial charge in [0.05, 0.1) is 6.61 Å². The first kappa shape index (κ1) is 11.4. The predicted octanol–water partition coefficient (Wildman–Crippen LogP) is 2.44. The van der Waals surface area contributed by atoms with Gasteiger partial charge in [0.1, 0.15) is 0 Å². The lowest BCUT2D eigenvalue weighted by atomic mass is 10.0. The van der Waals surface area contributed by atoms with Gasteiger partial charge in [-0.3, -0.25) is 4.98 Å². The molecule has 80 valence electrons. The zero-order valence-electron chi connectivity index (χ0n) is 9.28. The minimum Gasteiger partial charge on any atom is -0.463 e. The van der Waals surface area contributed by atoms with Crippen LogP contribution < -0.4 is 0 Å². The van der Waals surface area contributed by atoms with Crippen LogP contribution in [0.3, 0.4) is 0 Å². The van der Waals surface area contributed by atoms with Crippen LogP contribution in [-0.2, 0) is 9.53 Å². The maximum Gasteiger partial charge on any atom is 0.333 e. The van der Waals surface area contributed by atoms with Crippen LogP contribution in [0.25, 0.3) is 5.57 Å². The van der Waals surface area contributed by atoms with Crippen LogP contribution in [0, 0.1) is 0 Å². The zero-order chi connectivity index (χ0) is 11.3. The average molecular weight is 205 g/mol. The van der Waals surface area contributed by atoms with E-state index >= 15 is 0 Å². The third-order valence-electron chi connectivity index (χ3n) is 2.26. The number of aromatic nitrogens is 1. The number of nitrogens with zero attached hydrogens (tertiary/aromatic N) is 1. The van der Waals surface area contributed by atoms with E-state index in [2.05, 4.69) is 4.98 Å². The molecule has 0 saturated carbocycles. The van der Waals surface area contributed by atoms with Crippen LogP contribution in [0.15, 0.2) is 30.1 Å². The summed E-state index contributed by atoms with van der Waals surface area (Å²) in [6.45, 7) is 5.88. The smallest absolute Gasteiger partial charge is 0.333 e. The molecule has 0 aromatic carbocycles. The number of carbonyl (C=O) groups is 1. The highest BCUT2D eigenvalue weighted by Gasteiger charge is 2.09. The molecule has 0 bridgehead atoms. The van der Waals surface area contributed by atoms with Gasteiger partial charge in [0.2, 0.25) is 0 Å². The van der Waals surface area contributed by atoms with Crippen LogP contribution in [0.1, 0.15) is 26.3 Å². The monoisotopic (exact) mass is 205 g/mol. The lowest BCUT2D eigenvalue weighted by molar-refractivity contribution is -0.138. The maximum absolute atomic E-state index is 11.5. The first-order chi connectivity index (χ1) is 7.16. The van der Waals surface area contributed by atoms with Gasteiger partial charge >= 0.3 is 5.97 Å². The Bertz CT molecular complexity index is 368. The number of pyridine rings is 1. The molecule has 0 aliphatic rings. The van der Waals surface area contributed by atoms with Gasteiger partial charge in [0.15, 0.2) is 0 Å². The molecule has 3 heteroatoms. The van der Waals surface area contributed by atoms with Crippen LogP contribution in [0.4, 0.5) is 0 Å². The van der Waals surface area contributed by atoms with E-state index in [1.807, 2.05) is 19.1 Å². The molecule has 0 unspecified atom stereocenters. The minimum atomic E-state index is -0.258. The zero-order valence-corrected chi connectivity index (χ0v) is 9.28. The third kappa shape index (κ3) is 2.91. The molecule has 1 heterocycles. The van der Waals surface area contributed by atoms with Crippen molar-refractivity contribution >= 4 is 11.5 Å². The summed E-state index contributed by atoms with van der Waals surface area (Å²) in [5, 5.41) is 0. The number of allylic oxidation sites excluding steroid dienone is 1. The van der Waals surface area contributed by atoms with E-state index in [0.717, 1.165) is 11.1 Å². The van der Waals surface area contributed by atoms with Crippen molar-refractivity contribution < 1.29 is 9.53 Å². The standard InChI is InChI=1S/C12H15NO2/c1-4-15-12(14)10(3)9(2)11-5-7-13-8-6-11/h5-8H,4H2,1-3H3. The second-order valence-corrected chi connectivity index (χ2v) is 3.21. The van der Waals surface area contributed by atoms with Gasteiger partial charge in [0, 0.05) is 18.0 Å². The summed E-state index contributed by atoms with van der Waals surface area (Å²) in [6.07, 6.45) is 3.41. The van der Waals surface area contributed by atoms with Crippen LogP contribution in [-0.4, -0.2) is 17.6 Å². The summed E-state index contributed by atoms with van der Waals surface area (Å²) in [5.41, 5.74) is 2.56. The number of hydrogen-bond acceptors (Lipinski definition) is 3. The molecule has 0 radical (unpaired) electrons. The molecule has 0 aliphatic carbocycles. The normalized spacial score (nSPS) is 11.9. The quantitative estimate of drug-likeness (QED) is 0.562. The molecule has 0 amide bonds. The molecule has 0 spiro atoms. The summed E-state index contributed by atoms with van der Waals surface area (Å²) in [6, 6.07) is 3.75. The molecule has 0 fully saturated rings. The van der Waals surface area contributed by atoms with Gasteiger partial charge in [-0.1, -0.05) is 0 Å². The molecule has 3 nitrogen and oxygen atoms in total. The number of carbonyl (C=O) groups excluding carboxylic acids is 1. The Morgan fingerprint density at radius 1 is 1.33 bits per heavy atom. The Morgan fingerprint density at radius 3 is 2.47 bits per heavy atom. The summed E-state index contributed by atoms with van der Waals surface area (Å²) in [7, 11) is 0. The Labute approximate surface area is 89.8 Å². The number of ether oxygens (including phenoxy) is 1. The predicted molar refractivity (Wildman–Crippen MR) is 59.1 cm³/mol. The second kappa shape index (κ2) is 5.29. The van der Waals surface area contributed by atoms with E-state index in [-0.39, 0.29) is 5.97 Å². The van der Waals surface area contributed by atoms with E-state index in [1.54, 1.807) is 26.2 Å². The first-order valence-corrected chi connectivity index (χ1v) is 4.91. The molecule has 1 rings (SSSR count). The molecule has 1 aromatic rings. The summed E-state index contributed by atoms with van der Waals surface area (Å²) < 4.78 is 4.93. The maximum atomic E-state index is 11.5. The SMILES string of the molecule is CCOC(=O)C(C)=C(C)c1ccncc1. The molecule has 0 N–H and O–H groups in total.